The number of nitrogens with one attached hydrogen (secondary N) is 1. The lowest BCUT2D eigenvalue weighted by Gasteiger charge is -2.20. The molecule has 0 aromatic carbocycles. The molecular formula is C15H19N3O5S. The molecule has 2 aromatic heterocycles. The van der Waals surface area contributed by atoms with Crippen molar-refractivity contribution >= 4 is 33.4 Å². The van der Waals surface area contributed by atoms with Crippen molar-refractivity contribution < 1.29 is 24.2 Å². The van der Waals surface area contributed by atoms with E-state index in [1.165, 1.54) is 28.1 Å². The third kappa shape index (κ3) is 3.31. The highest BCUT2D eigenvalue weighted by molar-refractivity contribution is 7.20. The predicted octanol–water partition coefficient (Wildman–Crippen LogP) is 1.75. The van der Waals surface area contributed by atoms with Crippen LogP contribution < -0.4 is 10.1 Å². The van der Waals surface area contributed by atoms with E-state index in [-0.39, 0.29) is 6.61 Å². The topological polar surface area (TPSA) is 111 Å². The predicted molar refractivity (Wildman–Crippen MR) is 88.6 cm³/mol. The fraction of sp³-hybridized carbons (Fsp3) is 0.467. The summed E-state index contributed by atoms with van der Waals surface area (Å²) in [6.45, 7) is 4.82. The fourth-order valence-corrected chi connectivity index (χ4v) is 3.18. The number of ether oxygens (including phenoxy) is 2. The molecule has 0 saturated heterocycles. The Morgan fingerprint density at radius 3 is 2.50 bits per heavy atom. The first-order valence-electron chi connectivity index (χ1n) is 7.10. The Labute approximate surface area is 142 Å². The monoisotopic (exact) mass is 353 g/mol. The van der Waals surface area contributed by atoms with E-state index in [1.807, 2.05) is 0 Å². The molecule has 0 fully saturated rings. The van der Waals surface area contributed by atoms with Crippen LogP contribution in [0.15, 0.2) is 0 Å². The summed E-state index contributed by atoms with van der Waals surface area (Å²) in [5, 5.41) is 12.3. The Bertz CT molecular complexity index is 800. The first-order chi connectivity index (χ1) is 11.2. The van der Waals surface area contributed by atoms with Gasteiger partial charge in [0.15, 0.2) is 5.82 Å². The average Bonchev–Trinajstić information content (AvgIpc) is 2.83. The van der Waals surface area contributed by atoms with Gasteiger partial charge in [-0.1, -0.05) is 0 Å². The van der Waals surface area contributed by atoms with Gasteiger partial charge in [-0.25, -0.2) is 9.78 Å². The van der Waals surface area contributed by atoms with Crippen LogP contribution in [0.3, 0.4) is 0 Å². The highest BCUT2D eigenvalue weighted by Gasteiger charge is 2.31. The maximum absolute atomic E-state index is 12.5. The normalized spacial score (nSPS) is 11.5. The van der Waals surface area contributed by atoms with Crippen molar-refractivity contribution in [1.29, 1.82) is 0 Å². The van der Waals surface area contributed by atoms with E-state index in [1.54, 1.807) is 6.92 Å². The van der Waals surface area contributed by atoms with Crippen molar-refractivity contribution in [2.75, 3.05) is 14.2 Å². The number of aromatic nitrogens is 2. The van der Waals surface area contributed by atoms with Crippen molar-refractivity contribution in [2.45, 2.75) is 32.9 Å². The number of hydrogen-bond acceptors (Lipinski definition) is 7. The maximum Gasteiger partial charge on any atom is 0.328 e. The van der Waals surface area contributed by atoms with Crippen molar-refractivity contribution in [3.63, 3.8) is 0 Å². The molecular weight excluding hydrogens is 334 g/mol. The van der Waals surface area contributed by atoms with Gasteiger partial charge in [0.1, 0.15) is 17.0 Å². The Kier molecular flexibility index (Phi) is 5.05. The number of carboxylic acids is 1. The van der Waals surface area contributed by atoms with E-state index < -0.39 is 17.4 Å². The minimum atomic E-state index is -1.38. The van der Waals surface area contributed by atoms with Gasteiger partial charge < -0.3 is 19.9 Å². The van der Waals surface area contributed by atoms with E-state index in [0.29, 0.717) is 32.4 Å². The van der Waals surface area contributed by atoms with Crippen LogP contribution in [-0.4, -0.2) is 46.7 Å². The molecule has 0 unspecified atom stereocenters. The minimum Gasteiger partial charge on any atom is -0.480 e. The molecule has 2 aromatic rings. The lowest BCUT2D eigenvalue weighted by Crippen LogP contribution is -2.49. The number of hydrogen-bond donors (Lipinski definition) is 2. The van der Waals surface area contributed by atoms with Crippen LogP contribution in [0.4, 0.5) is 0 Å². The number of amides is 1. The minimum absolute atomic E-state index is 0.219. The molecule has 2 N–H and O–H groups in total. The first-order valence-corrected chi connectivity index (χ1v) is 7.91. The van der Waals surface area contributed by atoms with E-state index in [0.717, 1.165) is 11.3 Å². The van der Waals surface area contributed by atoms with Gasteiger partial charge in [-0.15, -0.1) is 11.3 Å². The third-order valence-corrected chi connectivity index (χ3v) is 4.62. The molecule has 0 aliphatic heterocycles. The number of aryl methyl sites for hydroxylation is 1. The van der Waals surface area contributed by atoms with Gasteiger partial charge in [0.05, 0.1) is 17.4 Å². The van der Waals surface area contributed by atoms with Crippen LogP contribution in [0, 0.1) is 6.92 Å². The largest absolute Gasteiger partial charge is 0.480 e. The van der Waals surface area contributed by atoms with Crippen LogP contribution in [-0.2, 0) is 16.1 Å². The number of thiophene rings is 1. The zero-order chi connectivity index (χ0) is 18.1. The van der Waals surface area contributed by atoms with Gasteiger partial charge in [0, 0.05) is 7.11 Å². The molecule has 24 heavy (non-hydrogen) atoms. The number of aliphatic carboxylic acids is 1. The molecule has 2 heterocycles. The number of carbonyl (C=O) groups excluding carboxylic acids is 1. The molecule has 0 radical (unpaired) electrons. The van der Waals surface area contributed by atoms with Gasteiger partial charge in [0.2, 0.25) is 5.88 Å². The van der Waals surface area contributed by atoms with Crippen LogP contribution in [0.5, 0.6) is 5.88 Å². The number of rotatable bonds is 6. The quantitative estimate of drug-likeness (QED) is 0.814. The standard InChI is InChI=1S/C15H19N3O5S/c1-7-9-12(23-5)16-8(6-22-4)17-13(9)24-10(7)11(19)18-15(2,3)14(20)21/h6H2,1-5H3,(H,18,19)(H,20,21). The van der Waals surface area contributed by atoms with Crippen molar-refractivity contribution in [3.05, 3.63) is 16.3 Å². The lowest BCUT2D eigenvalue weighted by atomic mass is 10.1. The van der Waals surface area contributed by atoms with Gasteiger partial charge in [-0.05, 0) is 26.3 Å². The summed E-state index contributed by atoms with van der Waals surface area (Å²) in [5.74, 6) is -0.786. The van der Waals surface area contributed by atoms with Gasteiger partial charge in [-0.3, -0.25) is 4.79 Å². The van der Waals surface area contributed by atoms with Crippen molar-refractivity contribution in [2.24, 2.45) is 0 Å². The Hall–Kier alpha value is -2.26. The zero-order valence-corrected chi connectivity index (χ0v) is 14.9. The highest BCUT2D eigenvalue weighted by Crippen LogP contribution is 2.35. The summed E-state index contributed by atoms with van der Waals surface area (Å²) in [6, 6.07) is 0. The second-order valence-electron chi connectivity index (χ2n) is 5.70. The van der Waals surface area contributed by atoms with Crippen LogP contribution in [0.1, 0.15) is 34.9 Å². The Morgan fingerprint density at radius 2 is 1.96 bits per heavy atom. The average molecular weight is 353 g/mol. The summed E-state index contributed by atoms with van der Waals surface area (Å²) in [6.07, 6.45) is 0. The fourth-order valence-electron chi connectivity index (χ4n) is 2.10. The summed E-state index contributed by atoms with van der Waals surface area (Å²) in [7, 11) is 3.02. The maximum atomic E-state index is 12.5. The molecule has 130 valence electrons. The first kappa shape index (κ1) is 18.1. The van der Waals surface area contributed by atoms with E-state index in [4.69, 9.17) is 14.6 Å². The molecule has 8 nitrogen and oxygen atoms in total. The number of nitrogens with zero attached hydrogens (tertiary/aromatic N) is 2. The summed E-state index contributed by atoms with van der Waals surface area (Å²) in [4.78, 5) is 33.3. The van der Waals surface area contributed by atoms with E-state index in [2.05, 4.69) is 15.3 Å². The molecule has 9 heteroatoms. The molecule has 1 amide bonds. The SMILES string of the molecule is COCc1nc(OC)c2c(C)c(C(=O)NC(C)(C)C(=O)O)sc2n1. The number of carboxylic acid groups (broad SMARTS) is 1. The molecule has 0 aliphatic rings. The van der Waals surface area contributed by atoms with Crippen LogP contribution in [0.25, 0.3) is 10.2 Å². The molecule has 2 rings (SSSR count). The lowest BCUT2D eigenvalue weighted by molar-refractivity contribution is -0.143. The van der Waals surface area contributed by atoms with Crippen LogP contribution in [0.2, 0.25) is 0 Å². The Morgan fingerprint density at radius 1 is 1.29 bits per heavy atom. The van der Waals surface area contributed by atoms with Crippen molar-refractivity contribution in [1.82, 2.24) is 15.3 Å². The summed E-state index contributed by atoms with van der Waals surface area (Å²) < 4.78 is 10.3. The third-order valence-electron chi connectivity index (χ3n) is 3.44. The van der Waals surface area contributed by atoms with Gasteiger partial charge in [0.25, 0.3) is 5.91 Å². The smallest absolute Gasteiger partial charge is 0.328 e. The number of fused-ring (bicyclic) bond motifs is 1. The molecule has 0 saturated carbocycles. The molecule has 0 spiro atoms. The highest BCUT2D eigenvalue weighted by atomic mass is 32.1. The van der Waals surface area contributed by atoms with Crippen molar-refractivity contribution in [3.8, 4) is 5.88 Å². The van der Waals surface area contributed by atoms with Gasteiger partial charge in [-0.2, -0.15) is 4.98 Å². The second kappa shape index (κ2) is 6.70. The van der Waals surface area contributed by atoms with Gasteiger partial charge >= 0.3 is 5.97 Å². The van der Waals surface area contributed by atoms with Crippen LogP contribution >= 0.6 is 11.3 Å². The second-order valence-corrected chi connectivity index (χ2v) is 6.70. The Balaban J connectivity index is 2.51. The zero-order valence-electron chi connectivity index (χ0n) is 14.1. The summed E-state index contributed by atoms with van der Waals surface area (Å²) >= 11 is 1.16. The number of carbonyl (C=O) groups is 2. The van der Waals surface area contributed by atoms with E-state index >= 15 is 0 Å². The molecule has 0 atom stereocenters. The molecule has 0 aliphatic carbocycles. The molecule has 0 bridgehead atoms. The van der Waals surface area contributed by atoms with E-state index in [9.17, 15) is 9.59 Å². The number of methoxy groups -OCH3 is 2. The summed E-state index contributed by atoms with van der Waals surface area (Å²) in [5.41, 5.74) is -0.731.